The Hall–Kier alpha value is -3.41. The van der Waals surface area contributed by atoms with Crippen molar-refractivity contribution < 1.29 is 28.6 Å². The van der Waals surface area contributed by atoms with Crippen LogP contribution in [0.25, 0.3) is 11.1 Å². The molecule has 0 spiro atoms. The van der Waals surface area contributed by atoms with E-state index in [0.29, 0.717) is 11.7 Å². The standard InChI is InChI=1S/C32H38O6.4CH4/c1-3-22-5-7-27(8-6-22)32(35)38-29-19-15-26(16-20-29)24-11-9-23(10-12-24)25-13-17-28(18-14-25)37-31(34)21-36-30(33)4-2;;;;/h4,9-12,15-16,19-20,22,25,27-28H,2-3,5-8,13-14,17-18,21H2,1H3;4*1H4. The Morgan fingerprint density at radius 1 is 0.786 bits per heavy atom. The maximum absolute atomic E-state index is 12.6. The van der Waals surface area contributed by atoms with E-state index in [0.717, 1.165) is 74.5 Å². The van der Waals surface area contributed by atoms with E-state index in [4.69, 9.17) is 14.2 Å². The minimum Gasteiger partial charge on any atom is -0.460 e. The summed E-state index contributed by atoms with van der Waals surface area (Å²) in [6.45, 7) is 5.15. The van der Waals surface area contributed by atoms with Gasteiger partial charge in [0.25, 0.3) is 0 Å². The fourth-order valence-electron chi connectivity index (χ4n) is 5.59. The lowest BCUT2D eigenvalue weighted by molar-refractivity contribution is -0.161. The Labute approximate surface area is 254 Å². The molecule has 0 aliphatic heterocycles. The zero-order valence-electron chi connectivity index (χ0n) is 22.2. The minimum absolute atomic E-state index is 0. The maximum atomic E-state index is 12.6. The molecule has 2 aliphatic rings. The maximum Gasteiger partial charge on any atom is 0.344 e. The van der Waals surface area contributed by atoms with E-state index in [1.807, 2.05) is 24.3 Å². The molecular formula is C36H54O6. The molecule has 2 saturated carbocycles. The zero-order chi connectivity index (χ0) is 26.9. The van der Waals surface area contributed by atoms with Gasteiger partial charge < -0.3 is 14.2 Å². The van der Waals surface area contributed by atoms with Crippen LogP contribution >= 0.6 is 0 Å². The molecule has 4 rings (SSSR count). The molecule has 42 heavy (non-hydrogen) atoms. The van der Waals surface area contributed by atoms with Crippen LogP contribution in [0.3, 0.4) is 0 Å². The highest BCUT2D eigenvalue weighted by Crippen LogP contribution is 2.35. The predicted molar refractivity (Wildman–Crippen MR) is 172 cm³/mol. The Balaban J connectivity index is 0.00000420. The second kappa shape index (κ2) is 18.9. The number of benzene rings is 2. The molecule has 6 nitrogen and oxygen atoms in total. The Bertz CT molecular complexity index is 1090. The van der Waals surface area contributed by atoms with Crippen molar-refractivity contribution in [1.82, 2.24) is 0 Å². The molecule has 2 fully saturated rings. The highest BCUT2D eigenvalue weighted by atomic mass is 16.6. The molecule has 0 radical (unpaired) electrons. The summed E-state index contributed by atoms with van der Waals surface area (Å²) in [5.41, 5.74) is 3.47. The third-order valence-electron chi connectivity index (χ3n) is 8.02. The highest BCUT2D eigenvalue weighted by molar-refractivity contribution is 5.83. The van der Waals surface area contributed by atoms with Crippen LogP contribution in [-0.2, 0) is 23.9 Å². The summed E-state index contributed by atoms with van der Waals surface area (Å²) in [4.78, 5) is 35.5. The molecule has 0 atom stereocenters. The number of ether oxygens (including phenoxy) is 3. The van der Waals surface area contributed by atoms with Crippen molar-refractivity contribution in [3.05, 3.63) is 66.7 Å². The summed E-state index contributed by atoms with van der Waals surface area (Å²) in [5, 5.41) is 0. The average Bonchev–Trinajstić information content (AvgIpc) is 2.97. The summed E-state index contributed by atoms with van der Waals surface area (Å²) in [7, 11) is 0. The lowest BCUT2D eigenvalue weighted by Gasteiger charge is -2.28. The van der Waals surface area contributed by atoms with E-state index >= 15 is 0 Å². The van der Waals surface area contributed by atoms with Crippen LogP contribution < -0.4 is 4.74 Å². The van der Waals surface area contributed by atoms with Crippen LogP contribution in [0, 0.1) is 11.8 Å². The first-order valence-corrected chi connectivity index (χ1v) is 13.9. The fourth-order valence-corrected chi connectivity index (χ4v) is 5.59. The quantitative estimate of drug-likeness (QED) is 0.166. The number of hydrogen-bond acceptors (Lipinski definition) is 6. The van der Waals surface area contributed by atoms with Gasteiger partial charge in [0.1, 0.15) is 11.9 Å². The van der Waals surface area contributed by atoms with Crippen molar-refractivity contribution in [2.75, 3.05) is 6.61 Å². The normalized spacial score (nSPS) is 21.0. The van der Waals surface area contributed by atoms with Crippen molar-refractivity contribution >= 4 is 17.9 Å². The van der Waals surface area contributed by atoms with Gasteiger partial charge in [-0.15, -0.1) is 0 Å². The number of carbonyl (C=O) groups excluding carboxylic acids is 3. The fraction of sp³-hybridized carbons (Fsp3) is 0.528. The van der Waals surface area contributed by atoms with Gasteiger partial charge in [0.05, 0.1) is 5.92 Å². The van der Waals surface area contributed by atoms with Crippen molar-refractivity contribution in [3.8, 4) is 16.9 Å². The van der Waals surface area contributed by atoms with Gasteiger partial charge in [-0.1, -0.05) is 86.0 Å². The first kappa shape index (κ1) is 38.6. The predicted octanol–water partition coefficient (Wildman–Crippen LogP) is 9.32. The van der Waals surface area contributed by atoms with Crippen molar-refractivity contribution in [2.24, 2.45) is 11.8 Å². The van der Waals surface area contributed by atoms with Gasteiger partial charge in [0.2, 0.25) is 0 Å². The molecular weight excluding hydrogens is 528 g/mol. The summed E-state index contributed by atoms with van der Waals surface area (Å²) < 4.78 is 15.9. The lowest BCUT2D eigenvalue weighted by Crippen LogP contribution is -2.26. The van der Waals surface area contributed by atoms with Crippen molar-refractivity contribution in [1.29, 1.82) is 0 Å². The van der Waals surface area contributed by atoms with E-state index in [1.54, 1.807) is 0 Å². The van der Waals surface area contributed by atoms with Crippen molar-refractivity contribution in [2.45, 2.75) is 106 Å². The van der Waals surface area contributed by atoms with Gasteiger partial charge in [0, 0.05) is 6.08 Å². The largest absolute Gasteiger partial charge is 0.460 e. The third kappa shape index (κ3) is 10.8. The van der Waals surface area contributed by atoms with E-state index in [9.17, 15) is 14.4 Å². The molecule has 0 aromatic heterocycles. The minimum atomic E-state index is -0.631. The van der Waals surface area contributed by atoms with E-state index in [2.05, 4.69) is 37.8 Å². The SMILES string of the molecule is C.C.C.C.C=CC(=O)OCC(=O)OC1CCC(c2ccc(-c3ccc(OC(=O)C4CCC(CC)CC4)cc3)cc2)CC1. The van der Waals surface area contributed by atoms with Crippen LogP contribution in [0.1, 0.15) is 106 Å². The van der Waals surface area contributed by atoms with E-state index in [1.165, 1.54) is 12.0 Å². The topological polar surface area (TPSA) is 78.9 Å². The van der Waals surface area contributed by atoms with Crippen LogP contribution in [0.5, 0.6) is 5.75 Å². The molecule has 0 unspecified atom stereocenters. The van der Waals surface area contributed by atoms with Gasteiger partial charge >= 0.3 is 17.9 Å². The monoisotopic (exact) mass is 582 g/mol. The first-order chi connectivity index (χ1) is 18.4. The summed E-state index contributed by atoms with van der Waals surface area (Å²) >= 11 is 0. The number of carbonyl (C=O) groups is 3. The first-order valence-electron chi connectivity index (χ1n) is 13.9. The molecule has 0 heterocycles. The third-order valence-corrected chi connectivity index (χ3v) is 8.02. The van der Waals surface area contributed by atoms with Crippen LogP contribution in [0.2, 0.25) is 0 Å². The second-order valence-corrected chi connectivity index (χ2v) is 10.5. The highest BCUT2D eigenvalue weighted by Gasteiger charge is 2.27. The molecule has 2 aromatic carbocycles. The second-order valence-electron chi connectivity index (χ2n) is 10.5. The molecule has 0 amide bonds. The number of esters is 3. The zero-order valence-corrected chi connectivity index (χ0v) is 22.2. The van der Waals surface area contributed by atoms with Crippen LogP contribution in [-0.4, -0.2) is 30.6 Å². The van der Waals surface area contributed by atoms with Gasteiger partial charge in [-0.25, -0.2) is 9.59 Å². The van der Waals surface area contributed by atoms with E-state index < -0.39 is 11.9 Å². The average molecular weight is 583 g/mol. The Morgan fingerprint density at radius 2 is 1.33 bits per heavy atom. The lowest BCUT2D eigenvalue weighted by atomic mass is 9.81. The summed E-state index contributed by atoms with van der Waals surface area (Å²) in [6, 6.07) is 16.3. The van der Waals surface area contributed by atoms with Crippen LogP contribution in [0.15, 0.2) is 61.2 Å². The molecule has 0 N–H and O–H groups in total. The van der Waals surface area contributed by atoms with Crippen LogP contribution in [0.4, 0.5) is 0 Å². The molecule has 2 aliphatic carbocycles. The van der Waals surface area contributed by atoms with Gasteiger partial charge in [-0.2, -0.15) is 0 Å². The molecule has 234 valence electrons. The van der Waals surface area contributed by atoms with Gasteiger partial charge in [-0.05, 0) is 92.0 Å². The van der Waals surface area contributed by atoms with Gasteiger partial charge in [0.15, 0.2) is 6.61 Å². The molecule has 2 aromatic rings. The number of hydrogen-bond donors (Lipinski definition) is 0. The summed E-state index contributed by atoms with van der Waals surface area (Å²) in [6.07, 6.45) is 9.62. The molecule has 0 saturated heterocycles. The smallest absolute Gasteiger partial charge is 0.344 e. The molecule has 0 bridgehead atoms. The van der Waals surface area contributed by atoms with Gasteiger partial charge in [-0.3, -0.25) is 4.79 Å². The molecule has 6 heteroatoms. The Morgan fingerprint density at radius 3 is 1.86 bits per heavy atom. The number of rotatable bonds is 9. The van der Waals surface area contributed by atoms with E-state index in [-0.39, 0.29) is 54.3 Å². The Kier molecular flexibility index (Phi) is 17.4. The summed E-state index contributed by atoms with van der Waals surface area (Å²) in [5.74, 6) is 0.551. The van der Waals surface area contributed by atoms with Crippen molar-refractivity contribution in [3.63, 3.8) is 0 Å².